The molecule has 1 N–H and O–H groups in total. The molecular formula is C29H25N5O2. The number of pyridine rings is 1. The zero-order chi connectivity index (χ0) is 24.7. The summed E-state index contributed by atoms with van der Waals surface area (Å²) < 4.78 is 0. The highest BCUT2D eigenvalue weighted by Gasteiger charge is 2.35. The van der Waals surface area contributed by atoms with Gasteiger partial charge in [0.05, 0.1) is 12.4 Å². The van der Waals surface area contributed by atoms with E-state index in [2.05, 4.69) is 44.7 Å². The second kappa shape index (κ2) is 10.8. The van der Waals surface area contributed by atoms with Crippen LogP contribution in [-0.4, -0.2) is 34.1 Å². The van der Waals surface area contributed by atoms with E-state index in [9.17, 15) is 9.59 Å². The van der Waals surface area contributed by atoms with Crippen molar-refractivity contribution in [1.82, 2.24) is 15.3 Å². The van der Waals surface area contributed by atoms with Gasteiger partial charge >= 0.3 is 0 Å². The normalized spacial score (nSPS) is 13.8. The van der Waals surface area contributed by atoms with E-state index in [0.717, 1.165) is 16.8 Å². The largest absolute Gasteiger partial charge is 0.293 e. The van der Waals surface area contributed by atoms with Crippen LogP contribution in [0.3, 0.4) is 0 Å². The van der Waals surface area contributed by atoms with E-state index >= 15 is 0 Å². The number of amides is 2. The van der Waals surface area contributed by atoms with E-state index in [0.29, 0.717) is 30.9 Å². The van der Waals surface area contributed by atoms with Crippen LogP contribution in [-0.2, 0) is 17.9 Å². The second-order valence-electron chi connectivity index (χ2n) is 8.49. The van der Waals surface area contributed by atoms with Crippen molar-refractivity contribution >= 4 is 23.2 Å². The molecule has 7 nitrogen and oxygen atoms in total. The van der Waals surface area contributed by atoms with E-state index < -0.39 is 5.91 Å². The number of para-hydroxylation sites is 1. The molecule has 0 radical (unpaired) electrons. The van der Waals surface area contributed by atoms with Gasteiger partial charge in [-0.3, -0.25) is 24.4 Å². The number of hydrazone groups is 1. The predicted molar refractivity (Wildman–Crippen MR) is 139 cm³/mol. The second-order valence-corrected chi connectivity index (χ2v) is 8.49. The standard InChI is InChI=1S/C29H25N5O2/c35-28(24-15-17-30-18-16-24)32-31-27-25-13-7-8-14-26(25)34(29(27)36)21-33(19-22-9-3-1-4-10-22)20-23-11-5-2-6-12-23/h1-18H,19-21H2,(H,32,35)/b31-27-. The van der Waals surface area contributed by atoms with Gasteiger partial charge < -0.3 is 0 Å². The summed E-state index contributed by atoms with van der Waals surface area (Å²) in [6.07, 6.45) is 3.07. The number of benzene rings is 3. The molecule has 2 amide bonds. The van der Waals surface area contributed by atoms with Crippen LogP contribution in [0.15, 0.2) is 115 Å². The molecule has 0 spiro atoms. The molecule has 7 heteroatoms. The van der Waals surface area contributed by atoms with E-state index in [4.69, 9.17) is 0 Å². The molecule has 3 aromatic carbocycles. The molecule has 0 fully saturated rings. The number of fused-ring (bicyclic) bond motifs is 1. The lowest BCUT2D eigenvalue weighted by Gasteiger charge is -2.28. The number of anilines is 1. The Labute approximate surface area is 209 Å². The third-order valence-electron chi connectivity index (χ3n) is 5.95. The van der Waals surface area contributed by atoms with Crippen LogP contribution in [0.4, 0.5) is 5.69 Å². The molecule has 36 heavy (non-hydrogen) atoms. The highest BCUT2D eigenvalue weighted by molar-refractivity contribution is 6.54. The van der Waals surface area contributed by atoms with Crippen molar-refractivity contribution in [3.8, 4) is 0 Å². The van der Waals surface area contributed by atoms with Gasteiger partial charge in [0.25, 0.3) is 11.8 Å². The van der Waals surface area contributed by atoms with Crippen LogP contribution >= 0.6 is 0 Å². The van der Waals surface area contributed by atoms with E-state index in [-0.39, 0.29) is 11.6 Å². The Morgan fingerprint density at radius 2 is 1.39 bits per heavy atom. The predicted octanol–water partition coefficient (Wildman–Crippen LogP) is 4.22. The molecular weight excluding hydrogens is 450 g/mol. The molecule has 4 aromatic rings. The first kappa shape index (κ1) is 23.1. The molecule has 0 aliphatic carbocycles. The maximum absolute atomic E-state index is 13.6. The van der Waals surface area contributed by atoms with Crippen LogP contribution in [0.25, 0.3) is 0 Å². The number of aromatic nitrogens is 1. The molecule has 2 heterocycles. The zero-order valence-corrected chi connectivity index (χ0v) is 19.6. The maximum Gasteiger partial charge on any atom is 0.280 e. The summed E-state index contributed by atoms with van der Waals surface area (Å²) in [5.41, 5.74) is 6.94. The smallest absolute Gasteiger partial charge is 0.280 e. The Bertz CT molecular complexity index is 1330. The zero-order valence-electron chi connectivity index (χ0n) is 19.6. The van der Waals surface area contributed by atoms with Gasteiger partial charge in [0.1, 0.15) is 0 Å². The lowest BCUT2D eigenvalue weighted by atomic mass is 10.1. The Hall–Kier alpha value is -4.62. The fourth-order valence-electron chi connectivity index (χ4n) is 4.22. The molecule has 178 valence electrons. The lowest BCUT2D eigenvalue weighted by molar-refractivity contribution is -0.112. The fraction of sp³-hybridized carbons (Fsp3) is 0.103. The number of carbonyl (C=O) groups excluding carboxylic acids is 2. The van der Waals surface area contributed by atoms with Crippen molar-refractivity contribution in [1.29, 1.82) is 0 Å². The number of nitrogens with zero attached hydrogens (tertiary/aromatic N) is 4. The third-order valence-corrected chi connectivity index (χ3v) is 5.95. The summed E-state index contributed by atoms with van der Waals surface area (Å²) in [6, 6.07) is 31.1. The van der Waals surface area contributed by atoms with E-state index in [1.54, 1.807) is 17.0 Å². The van der Waals surface area contributed by atoms with Gasteiger partial charge in [-0.05, 0) is 29.3 Å². The monoisotopic (exact) mass is 475 g/mol. The molecule has 0 bridgehead atoms. The summed E-state index contributed by atoms with van der Waals surface area (Å²) in [7, 11) is 0. The molecule has 5 rings (SSSR count). The fourth-order valence-corrected chi connectivity index (χ4v) is 4.22. The lowest BCUT2D eigenvalue weighted by Crippen LogP contribution is -2.41. The van der Waals surface area contributed by atoms with Crippen LogP contribution in [0, 0.1) is 0 Å². The molecule has 0 saturated carbocycles. The Kier molecular flexibility index (Phi) is 6.91. The van der Waals surface area contributed by atoms with Crippen molar-refractivity contribution in [3.63, 3.8) is 0 Å². The van der Waals surface area contributed by atoms with Crippen LogP contribution in [0.1, 0.15) is 27.0 Å². The van der Waals surface area contributed by atoms with Crippen molar-refractivity contribution in [3.05, 3.63) is 132 Å². The van der Waals surface area contributed by atoms with Crippen LogP contribution in [0.5, 0.6) is 0 Å². The van der Waals surface area contributed by atoms with Gasteiger partial charge in [0.15, 0.2) is 5.71 Å². The summed E-state index contributed by atoms with van der Waals surface area (Å²) in [5, 5.41) is 4.23. The van der Waals surface area contributed by atoms with E-state index in [1.165, 1.54) is 12.4 Å². The average molecular weight is 476 g/mol. The SMILES string of the molecule is O=C(N/N=C1\C(=O)N(CN(Cc2ccccc2)Cc2ccccc2)c2ccccc21)c1ccncc1. The minimum absolute atomic E-state index is 0.215. The first-order chi connectivity index (χ1) is 17.7. The Balaban J connectivity index is 1.40. The Morgan fingerprint density at radius 3 is 2.03 bits per heavy atom. The minimum atomic E-state index is -0.400. The number of hydrogen-bond acceptors (Lipinski definition) is 5. The molecule has 0 unspecified atom stereocenters. The highest BCUT2D eigenvalue weighted by atomic mass is 16.2. The molecule has 0 saturated heterocycles. The number of carbonyl (C=O) groups is 2. The Morgan fingerprint density at radius 1 is 0.806 bits per heavy atom. The van der Waals surface area contributed by atoms with E-state index in [1.807, 2.05) is 60.7 Å². The highest BCUT2D eigenvalue weighted by Crippen LogP contribution is 2.29. The van der Waals surface area contributed by atoms with Crippen molar-refractivity contribution < 1.29 is 9.59 Å². The molecule has 0 atom stereocenters. The van der Waals surface area contributed by atoms with Crippen LogP contribution in [0.2, 0.25) is 0 Å². The van der Waals surface area contributed by atoms with Gasteiger partial charge in [-0.2, -0.15) is 5.10 Å². The van der Waals surface area contributed by atoms with Gasteiger partial charge in [-0.1, -0.05) is 78.9 Å². The number of hydrogen-bond donors (Lipinski definition) is 1. The third kappa shape index (κ3) is 5.21. The van der Waals surface area contributed by atoms with Crippen molar-refractivity contribution in [2.24, 2.45) is 5.10 Å². The summed E-state index contributed by atoms with van der Waals surface area (Å²) >= 11 is 0. The van der Waals surface area contributed by atoms with Crippen molar-refractivity contribution in [2.75, 3.05) is 11.6 Å². The summed E-state index contributed by atoms with van der Waals surface area (Å²) in [6.45, 7) is 1.72. The summed E-state index contributed by atoms with van der Waals surface area (Å²) in [5.74, 6) is -0.652. The maximum atomic E-state index is 13.6. The molecule has 1 aromatic heterocycles. The van der Waals surface area contributed by atoms with Gasteiger partial charge in [0, 0.05) is 36.6 Å². The van der Waals surface area contributed by atoms with Crippen molar-refractivity contribution in [2.45, 2.75) is 13.1 Å². The molecule has 1 aliphatic rings. The van der Waals surface area contributed by atoms with Gasteiger partial charge in [0.2, 0.25) is 0 Å². The minimum Gasteiger partial charge on any atom is -0.293 e. The topological polar surface area (TPSA) is 77.9 Å². The summed E-state index contributed by atoms with van der Waals surface area (Å²) in [4.78, 5) is 33.9. The first-order valence-corrected chi connectivity index (χ1v) is 11.7. The van der Waals surface area contributed by atoms with Crippen LogP contribution < -0.4 is 10.3 Å². The van der Waals surface area contributed by atoms with Gasteiger partial charge in [-0.15, -0.1) is 0 Å². The molecule has 1 aliphatic heterocycles. The quantitative estimate of drug-likeness (QED) is 0.387. The first-order valence-electron chi connectivity index (χ1n) is 11.7. The van der Waals surface area contributed by atoms with Gasteiger partial charge in [-0.25, -0.2) is 5.43 Å². The average Bonchev–Trinajstić information content (AvgIpc) is 3.19. The number of rotatable bonds is 8. The number of nitrogens with one attached hydrogen (secondary N) is 1.